The number of carbonyl (C=O) groups is 2. The fraction of sp³-hybridized carbons (Fsp3) is 0.304. The fourth-order valence-electron chi connectivity index (χ4n) is 4.20. The van der Waals surface area contributed by atoms with E-state index in [-0.39, 0.29) is 32.1 Å². The Morgan fingerprint density at radius 1 is 1.10 bits per heavy atom. The van der Waals surface area contributed by atoms with Gasteiger partial charge in [0, 0.05) is 12.3 Å². The zero-order valence-electron chi connectivity index (χ0n) is 15.8. The zero-order chi connectivity index (χ0) is 20.4. The first-order valence-electron chi connectivity index (χ1n) is 9.49. The third-order valence-corrected chi connectivity index (χ3v) is 5.52. The molecule has 6 nitrogen and oxygen atoms in total. The predicted octanol–water partition coefficient (Wildman–Crippen LogP) is 3.11. The Kier molecular flexibility index (Phi) is 5.24. The highest BCUT2D eigenvalue weighted by Gasteiger charge is 2.41. The highest BCUT2D eigenvalue weighted by atomic mass is 16.6. The monoisotopic (exact) mass is 391 g/mol. The van der Waals surface area contributed by atoms with E-state index in [4.69, 9.17) is 15.9 Å². The molecule has 1 heterocycles. The number of amides is 1. The molecule has 4 rings (SSSR count). The van der Waals surface area contributed by atoms with Crippen LogP contribution in [0.4, 0.5) is 4.79 Å². The molecule has 2 aromatic rings. The van der Waals surface area contributed by atoms with Crippen LogP contribution in [-0.2, 0) is 14.3 Å². The maximum absolute atomic E-state index is 12.7. The SMILES string of the molecule is C#CCOC1CC(C(=O)O)N(C(=O)OCC2c3ccccc3-c3ccccc32)C1. The summed E-state index contributed by atoms with van der Waals surface area (Å²) in [6, 6.07) is 15.1. The predicted molar refractivity (Wildman–Crippen MR) is 106 cm³/mol. The average molecular weight is 391 g/mol. The molecule has 1 aliphatic carbocycles. The van der Waals surface area contributed by atoms with E-state index in [2.05, 4.69) is 18.1 Å². The van der Waals surface area contributed by atoms with E-state index in [9.17, 15) is 14.7 Å². The summed E-state index contributed by atoms with van der Waals surface area (Å²) in [7, 11) is 0. The molecule has 2 aromatic carbocycles. The Morgan fingerprint density at radius 3 is 2.31 bits per heavy atom. The number of terminal acetylenes is 1. The van der Waals surface area contributed by atoms with Gasteiger partial charge in [-0.15, -0.1) is 6.42 Å². The van der Waals surface area contributed by atoms with Crippen LogP contribution in [0.25, 0.3) is 11.1 Å². The standard InChI is InChI=1S/C23H21NO5/c1-2-11-28-15-12-21(22(25)26)24(13-15)23(27)29-14-20-18-9-5-3-7-16(18)17-8-4-6-10-19(17)20/h1,3-10,15,20-21H,11-14H2,(H,25,26). The summed E-state index contributed by atoms with van der Waals surface area (Å²) in [4.78, 5) is 25.5. The Morgan fingerprint density at radius 2 is 1.72 bits per heavy atom. The molecule has 0 radical (unpaired) electrons. The molecule has 2 aliphatic rings. The molecule has 0 spiro atoms. The molecule has 6 heteroatoms. The maximum atomic E-state index is 12.7. The van der Waals surface area contributed by atoms with Crippen LogP contribution in [0.1, 0.15) is 23.5 Å². The van der Waals surface area contributed by atoms with Gasteiger partial charge >= 0.3 is 12.1 Å². The van der Waals surface area contributed by atoms with E-state index < -0.39 is 24.2 Å². The lowest BCUT2D eigenvalue weighted by molar-refractivity contribution is -0.141. The number of carboxylic acids is 1. The van der Waals surface area contributed by atoms with Crippen LogP contribution in [0.5, 0.6) is 0 Å². The number of hydrogen-bond acceptors (Lipinski definition) is 4. The minimum atomic E-state index is -1.08. The molecule has 1 fully saturated rings. The Balaban J connectivity index is 1.48. The summed E-state index contributed by atoms with van der Waals surface area (Å²) in [6.45, 7) is 0.371. The number of hydrogen-bond donors (Lipinski definition) is 1. The van der Waals surface area contributed by atoms with Crippen molar-refractivity contribution in [3.8, 4) is 23.5 Å². The number of carboxylic acid groups (broad SMARTS) is 1. The van der Waals surface area contributed by atoms with Crippen molar-refractivity contribution in [2.24, 2.45) is 0 Å². The summed E-state index contributed by atoms with van der Waals surface area (Å²) >= 11 is 0. The number of likely N-dealkylation sites (tertiary alicyclic amines) is 1. The molecule has 29 heavy (non-hydrogen) atoms. The first-order valence-corrected chi connectivity index (χ1v) is 9.49. The van der Waals surface area contributed by atoms with Gasteiger partial charge in [-0.05, 0) is 22.3 Å². The topological polar surface area (TPSA) is 76.1 Å². The Hall–Kier alpha value is -3.30. The van der Waals surface area contributed by atoms with E-state index in [1.807, 2.05) is 36.4 Å². The smallest absolute Gasteiger partial charge is 0.410 e. The van der Waals surface area contributed by atoms with Gasteiger partial charge in [0.15, 0.2) is 0 Å². The van der Waals surface area contributed by atoms with Gasteiger partial charge < -0.3 is 14.6 Å². The number of nitrogens with zero attached hydrogens (tertiary/aromatic N) is 1. The van der Waals surface area contributed by atoms with Gasteiger partial charge in [0.2, 0.25) is 0 Å². The summed E-state index contributed by atoms with van der Waals surface area (Å²) in [5.41, 5.74) is 4.48. The molecule has 148 valence electrons. The molecule has 0 saturated carbocycles. The number of carbonyl (C=O) groups excluding carboxylic acids is 1. The molecule has 1 saturated heterocycles. The second-order valence-electron chi connectivity index (χ2n) is 7.18. The molecule has 0 aromatic heterocycles. The van der Waals surface area contributed by atoms with Gasteiger partial charge in [0.1, 0.15) is 19.3 Å². The largest absolute Gasteiger partial charge is 0.480 e. The quantitative estimate of drug-likeness (QED) is 0.793. The van der Waals surface area contributed by atoms with Crippen molar-refractivity contribution in [3.05, 3.63) is 59.7 Å². The third kappa shape index (κ3) is 3.57. The first kappa shape index (κ1) is 19.0. The summed E-state index contributed by atoms with van der Waals surface area (Å²) in [5.74, 6) is 1.20. The average Bonchev–Trinajstić information content (AvgIpc) is 3.30. The van der Waals surface area contributed by atoms with E-state index in [0.717, 1.165) is 22.3 Å². The van der Waals surface area contributed by atoms with Crippen LogP contribution in [0.2, 0.25) is 0 Å². The molecule has 0 bridgehead atoms. The molecular formula is C23H21NO5. The lowest BCUT2D eigenvalue weighted by atomic mass is 9.98. The van der Waals surface area contributed by atoms with Crippen molar-refractivity contribution in [1.29, 1.82) is 0 Å². The van der Waals surface area contributed by atoms with Crippen molar-refractivity contribution >= 4 is 12.1 Å². The third-order valence-electron chi connectivity index (χ3n) is 5.52. The summed E-state index contributed by atoms with van der Waals surface area (Å²) in [5, 5.41) is 9.47. The van der Waals surface area contributed by atoms with E-state index >= 15 is 0 Å². The molecular weight excluding hydrogens is 370 g/mol. The van der Waals surface area contributed by atoms with Crippen LogP contribution in [0.3, 0.4) is 0 Å². The lowest BCUT2D eigenvalue weighted by Gasteiger charge is -2.22. The van der Waals surface area contributed by atoms with Gasteiger partial charge in [-0.1, -0.05) is 54.5 Å². The van der Waals surface area contributed by atoms with Gasteiger partial charge in [-0.2, -0.15) is 0 Å². The molecule has 1 N–H and O–H groups in total. The highest BCUT2D eigenvalue weighted by Crippen LogP contribution is 2.44. The number of ether oxygens (including phenoxy) is 2. The van der Waals surface area contributed by atoms with Gasteiger partial charge in [-0.25, -0.2) is 9.59 Å². The van der Waals surface area contributed by atoms with Crippen molar-refractivity contribution < 1.29 is 24.2 Å². The number of aliphatic carboxylic acids is 1. The van der Waals surface area contributed by atoms with Gasteiger partial charge in [0.05, 0.1) is 12.6 Å². The number of rotatable bonds is 5. The minimum absolute atomic E-state index is 0.0780. The van der Waals surface area contributed by atoms with Crippen molar-refractivity contribution in [3.63, 3.8) is 0 Å². The Bertz CT molecular complexity index is 934. The van der Waals surface area contributed by atoms with E-state index in [1.165, 1.54) is 4.90 Å². The molecule has 2 unspecified atom stereocenters. The molecule has 1 amide bonds. The molecule has 1 aliphatic heterocycles. The second kappa shape index (κ2) is 7.98. The first-order chi connectivity index (χ1) is 14.1. The van der Waals surface area contributed by atoms with Crippen LogP contribution in [-0.4, -0.2) is 54.0 Å². The van der Waals surface area contributed by atoms with E-state index in [1.54, 1.807) is 0 Å². The van der Waals surface area contributed by atoms with Crippen LogP contribution in [0.15, 0.2) is 48.5 Å². The van der Waals surface area contributed by atoms with Crippen molar-refractivity contribution in [2.45, 2.75) is 24.5 Å². The number of fused-ring (bicyclic) bond motifs is 3. The highest BCUT2D eigenvalue weighted by molar-refractivity contribution is 5.81. The van der Waals surface area contributed by atoms with Crippen molar-refractivity contribution in [1.82, 2.24) is 4.90 Å². The summed E-state index contributed by atoms with van der Waals surface area (Å²) < 4.78 is 11.0. The molecule has 2 atom stereocenters. The lowest BCUT2D eigenvalue weighted by Crippen LogP contribution is -2.41. The van der Waals surface area contributed by atoms with Gasteiger partial charge in [-0.3, -0.25) is 4.90 Å². The van der Waals surface area contributed by atoms with Crippen LogP contribution in [0, 0.1) is 12.3 Å². The maximum Gasteiger partial charge on any atom is 0.410 e. The van der Waals surface area contributed by atoms with Gasteiger partial charge in [0.25, 0.3) is 0 Å². The Labute approximate surface area is 169 Å². The number of benzene rings is 2. The van der Waals surface area contributed by atoms with Crippen LogP contribution < -0.4 is 0 Å². The van der Waals surface area contributed by atoms with Crippen LogP contribution >= 0.6 is 0 Å². The fourth-order valence-corrected chi connectivity index (χ4v) is 4.20. The summed E-state index contributed by atoms with van der Waals surface area (Å²) in [6.07, 6.45) is 4.33. The minimum Gasteiger partial charge on any atom is -0.480 e. The van der Waals surface area contributed by atoms with Crippen molar-refractivity contribution in [2.75, 3.05) is 19.8 Å². The zero-order valence-corrected chi connectivity index (χ0v) is 15.8. The second-order valence-corrected chi connectivity index (χ2v) is 7.18. The van der Waals surface area contributed by atoms with E-state index in [0.29, 0.717) is 0 Å². The normalized spacial score (nSPS) is 20.0.